The van der Waals surface area contributed by atoms with Crippen LogP contribution in [0.15, 0.2) is 0 Å². The van der Waals surface area contributed by atoms with E-state index in [-0.39, 0.29) is 24.8 Å². The zero-order valence-corrected chi connectivity index (χ0v) is 12.4. The smallest absolute Gasteiger partial charge is 0.305 e. The first-order valence-corrected chi connectivity index (χ1v) is 7.81. The lowest BCUT2D eigenvalue weighted by Crippen LogP contribution is -2.51. The molecule has 0 aromatic heterocycles. The second-order valence-electron chi connectivity index (χ2n) is 6.23. The first kappa shape index (κ1) is 15.8. The van der Waals surface area contributed by atoms with Gasteiger partial charge in [0.1, 0.15) is 0 Å². The molecule has 2 N–H and O–H groups in total. The largest absolute Gasteiger partial charge is 0.481 e. The van der Waals surface area contributed by atoms with Crippen LogP contribution >= 0.6 is 0 Å². The van der Waals surface area contributed by atoms with Gasteiger partial charge in [0.05, 0.1) is 18.5 Å². The van der Waals surface area contributed by atoms with Crippen molar-refractivity contribution in [3.63, 3.8) is 0 Å². The number of carbonyl (C=O) groups is 3. The standard InChI is InChI=1S/C15H24N2O4/c18-12(11-17-9-5-1-2-6-13(17)19)16-15(10-14(20)21)7-3-4-8-15/h1-11H2,(H,16,18)(H,20,21). The molecule has 0 spiro atoms. The first-order chi connectivity index (χ1) is 10.0. The monoisotopic (exact) mass is 296 g/mol. The maximum atomic E-state index is 12.2. The summed E-state index contributed by atoms with van der Waals surface area (Å²) < 4.78 is 0. The third kappa shape index (κ3) is 4.44. The molecule has 6 nitrogen and oxygen atoms in total. The molecule has 21 heavy (non-hydrogen) atoms. The van der Waals surface area contributed by atoms with Crippen molar-refractivity contribution in [2.45, 2.75) is 63.3 Å². The van der Waals surface area contributed by atoms with Gasteiger partial charge in [-0.05, 0) is 25.7 Å². The molecular formula is C15H24N2O4. The van der Waals surface area contributed by atoms with Gasteiger partial charge in [-0.1, -0.05) is 19.3 Å². The summed E-state index contributed by atoms with van der Waals surface area (Å²) in [6.45, 7) is 0.679. The molecule has 0 aromatic rings. The minimum Gasteiger partial charge on any atom is -0.481 e. The Labute approximate surface area is 124 Å². The molecule has 2 rings (SSSR count). The summed E-state index contributed by atoms with van der Waals surface area (Å²) >= 11 is 0. The van der Waals surface area contributed by atoms with Gasteiger partial charge in [-0.3, -0.25) is 14.4 Å². The van der Waals surface area contributed by atoms with Gasteiger partial charge in [0.25, 0.3) is 0 Å². The predicted molar refractivity (Wildman–Crippen MR) is 76.6 cm³/mol. The molecule has 2 fully saturated rings. The van der Waals surface area contributed by atoms with Crippen LogP contribution in [0.2, 0.25) is 0 Å². The Morgan fingerprint density at radius 2 is 1.86 bits per heavy atom. The highest BCUT2D eigenvalue weighted by atomic mass is 16.4. The third-order valence-electron chi connectivity index (χ3n) is 4.46. The molecule has 1 saturated carbocycles. The topological polar surface area (TPSA) is 86.7 Å². The van der Waals surface area contributed by atoms with Crippen molar-refractivity contribution < 1.29 is 19.5 Å². The summed E-state index contributed by atoms with van der Waals surface area (Å²) in [4.78, 5) is 36.7. The maximum absolute atomic E-state index is 12.2. The van der Waals surface area contributed by atoms with Crippen LogP contribution in [0.5, 0.6) is 0 Å². The summed E-state index contributed by atoms with van der Waals surface area (Å²) in [7, 11) is 0. The van der Waals surface area contributed by atoms with Gasteiger partial charge in [-0.15, -0.1) is 0 Å². The van der Waals surface area contributed by atoms with E-state index in [0.29, 0.717) is 25.8 Å². The molecule has 0 aromatic carbocycles. The van der Waals surface area contributed by atoms with Crippen LogP contribution in [0, 0.1) is 0 Å². The number of nitrogens with zero attached hydrogens (tertiary/aromatic N) is 1. The van der Waals surface area contributed by atoms with Crippen LogP contribution in [0.25, 0.3) is 0 Å². The molecule has 1 aliphatic heterocycles. The second-order valence-corrected chi connectivity index (χ2v) is 6.23. The minimum absolute atomic E-state index is 0.0290. The summed E-state index contributed by atoms with van der Waals surface area (Å²) in [6, 6.07) is 0. The summed E-state index contributed by atoms with van der Waals surface area (Å²) in [6.07, 6.45) is 6.61. The Morgan fingerprint density at radius 3 is 2.52 bits per heavy atom. The highest BCUT2D eigenvalue weighted by Gasteiger charge is 2.37. The molecule has 6 heteroatoms. The molecule has 2 amide bonds. The minimum atomic E-state index is -0.886. The number of carboxylic acids is 1. The Balaban J connectivity index is 1.92. The van der Waals surface area contributed by atoms with Gasteiger partial charge in [-0.2, -0.15) is 0 Å². The lowest BCUT2D eigenvalue weighted by molar-refractivity contribution is -0.140. The fourth-order valence-corrected chi connectivity index (χ4v) is 3.40. The number of carbonyl (C=O) groups excluding carboxylic acids is 2. The molecule has 1 heterocycles. The van der Waals surface area contributed by atoms with E-state index in [1.807, 2.05) is 0 Å². The van der Waals surface area contributed by atoms with E-state index in [1.165, 1.54) is 0 Å². The molecular weight excluding hydrogens is 272 g/mol. The van der Waals surface area contributed by atoms with Crippen LogP contribution in [-0.4, -0.2) is 46.4 Å². The summed E-state index contributed by atoms with van der Waals surface area (Å²) in [5.74, 6) is -1.09. The number of hydrogen-bond acceptors (Lipinski definition) is 3. The Bertz CT molecular complexity index is 416. The van der Waals surface area contributed by atoms with E-state index >= 15 is 0 Å². The second kappa shape index (κ2) is 6.91. The van der Waals surface area contributed by atoms with Crippen LogP contribution in [0.1, 0.15) is 57.8 Å². The van der Waals surface area contributed by atoms with Crippen molar-refractivity contribution in [3.05, 3.63) is 0 Å². The molecule has 0 radical (unpaired) electrons. The van der Waals surface area contributed by atoms with E-state index in [4.69, 9.17) is 5.11 Å². The van der Waals surface area contributed by atoms with Crippen molar-refractivity contribution in [2.75, 3.05) is 13.1 Å². The number of amides is 2. The fraction of sp³-hybridized carbons (Fsp3) is 0.800. The Kier molecular flexibility index (Phi) is 5.20. The number of carboxylic acid groups (broad SMARTS) is 1. The average Bonchev–Trinajstić information content (AvgIpc) is 2.74. The number of aliphatic carboxylic acids is 1. The third-order valence-corrected chi connectivity index (χ3v) is 4.46. The van der Waals surface area contributed by atoms with E-state index in [0.717, 1.165) is 32.1 Å². The fourth-order valence-electron chi connectivity index (χ4n) is 3.40. The lowest BCUT2D eigenvalue weighted by Gasteiger charge is -2.30. The van der Waals surface area contributed by atoms with E-state index < -0.39 is 11.5 Å². The number of likely N-dealkylation sites (tertiary alicyclic amines) is 1. The number of nitrogens with one attached hydrogen (secondary N) is 1. The number of hydrogen-bond donors (Lipinski definition) is 2. The summed E-state index contributed by atoms with van der Waals surface area (Å²) in [5, 5.41) is 11.9. The zero-order chi connectivity index (χ0) is 15.3. The van der Waals surface area contributed by atoms with Gasteiger partial charge in [0, 0.05) is 13.0 Å². The maximum Gasteiger partial charge on any atom is 0.305 e. The average molecular weight is 296 g/mol. The van der Waals surface area contributed by atoms with Gasteiger partial charge in [0.15, 0.2) is 0 Å². The molecule has 1 saturated heterocycles. The highest BCUT2D eigenvalue weighted by Crippen LogP contribution is 2.32. The quantitative estimate of drug-likeness (QED) is 0.800. The molecule has 118 valence electrons. The Morgan fingerprint density at radius 1 is 1.14 bits per heavy atom. The highest BCUT2D eigenvalue weighted by molar-refractivity contribution is 5.85. The van der Waals surface area contributed by atoms with Crippen molar-refractivity contribution in [1.82, 2.24) is 10.2 Å². The molecule has 0 atom stereocenters. The molecule has 1 aliphatic carbocycles. The van der Waals surface area contributed by atoms with Crippen LogP contribution < -0.4 is 5.32 Å². The van der Waals surface area contributed by atoms with Gasteiger partial charge in [0.2, 0.25) is 11.8 Å². The van der Waals surface area contributed by atoms with E-state index in [9.17, 15) is 14.4 Å². The Hall–Kier alpha value is -1.59. The first-order valence-electron chi connectivity index (χ1n) is 7.81. The SMILES string of the molecule is O=C(O)CC1(NC(=O)CN2CCCCCC2=O)CCCC1. The van der Waals surface area contributed by atoms with Crippen molar-refractivity contribution in [2.24, 2.45) is 0 Å². The van der Waals surface area contributed by atoms with Crippen molar-refractivity contribution >= 4 is 17.8 Å². The molecule has 0 unspecified atom stereocenters. The predicted octanol–water partition coefficient (Wildman–Crippen LogP) is 1.29. The lowest BCUT2D eigenvalue weighted by atomic mass is 9.93. The van der Waals surface area contributed by atoms with Gasteiger partial charge < -0.3 is 15.3 Å². The summed E-state index contributed by atoms with van der Waals surface area (Å²) in [5.41, 5.74) is -0.613. The van der Waals surface area contributed by atoms with Crippen LogP contribution in [0.3, 0.4) is 0 Å². The van der Waals surface area contributed by atoms with Crippen molar-refractivity contribution in [3.8, 4) is 0 Å². The van der Waals surface area contributed by atoms with E-state index in [2.05, 4.69) is 5.32 Å². The van der Waals surface area contributed by atoms with Gasteiger partial charge in [-0.25, -0.2) is 0 Å². The molecule has 0 bridgehead atoms. The number of rotatable bonds is 5. The van der Waals surface area contributed by atoms with Crippen molar-refractivity contribution in [1.29, 1.82) is 0 Å². The van der Waals surface area contributed by atoms with Gasteiger partial charge >= 0.3 is 5.97 Å². The molecule has 2 aliphatic rings. The van der Waals surface area contributed by atoms with Crippen LogP contribution in [0.4, 0.5) is 0 Å². The van der Waals surface area contributed by atoms with E-state index in [1.54, 1.807) is 4.90 Å². The van der Waals surface area contributed by atoms with Crippen LogP contribution in [-0.2, 0) is 14.4 Å². The zero-order valence-electron chi connectivity index (χ0n) is 12.4. The normalized spacial score (nSPS) is 21.9.